The van der Waals surface area contributed by atoms with Gasteiger partial charge < -0.3 is 10.6 Å². The first kappa shape index (κ1) is 15.0. The molecule has 1 unspecified atom stereocenters. The molecule has 1 atom stereocenters. The monoisotopic (exact) mass is 350 g/mol. The van der Waals surface area contributed by atoms with Crippen molar-refractivity contribution in [2.45, 2.75) is 38.1 Å². The molecule has 0 bridgehead atoms. The van der Waals surface area contributed by atoms with E-state index in [-0.39, 0.29) is 5.91 Å². The fraction of sp³-hybridized carbons (Fsp3) is 0.588. The Labute approximate surface area is 135 Å². The molecule has 0 aliphatic heterocycles. The molecule has 0 aromatic heterocycles. The van der Waals surface area contributed by atoms with Crippen LogP contribution in [0.3, 0.4) is 0 Å². The van der Waals surface area contributed by atoms with Crippen LogP contribution in [0.5, 0.6) is 0 Å². The molecule has 114 valence electrons. The molecule has 2 saturated carbocycles. The van der Waals surface area contributed by atoms with Gasteiger partial charge in [-0.15, -0.1) is 0 Å². The molecule has 1 aromatic rings. The molecule has 0 heterocycles. The molecule has 2 N–H and O–H groups in total. The Kier molecular flexibility index (Phi) is 4.10. The number of amides is 1. The van der Waals surface area contributed by atoms with E-state index < -0.39 is 5.54 Å². The first-order chi connectivity index (χ1) is 9.96. The van der Waals surface area contributed by atoms with E-state index in [0.29, 0.717) is 11.8 Å². The second-order valence-electron chi connectivity index (χ2n) is 6.81. The highest BCUT2D eigenvalue weighted by Gasteiger charge is 2.39. The summed E-state index contributed by atoms with van der Waals surface area (Å²) in [6, 6.07) is 7.77. The van der Waals surface area contributed by atoms with Gasteiger partial charge in [0.1, 0.15) is 5.54 Å². The van der Waals surface area contributed by atoms with Crippen molar-refractivity contribution in [1.82, 2.24) is 4.90 Å². The smallest absolute Gasteiger partial charge is 0.246 e. The number of benzene rings is 1. The van der Waals surface area contributed by atoms with Gasteiger partial charge in [-0.3, -0.25) is 4.79 Å². The Hall–Kier alpha value is -0.870. The minimum atomic E-state index is -0.940. The van der Waals surface area contributed by atoms with Crippen molar-refractivity contribution in [2.75, 3.05) is 13.1 Å². The zero-order chi connectivity index (χ0) is 15.0. The summed E-state index contributed by atoms with van der Waals surface area (Å²) >= 11 is 3.42. The summed E-state index contributed by atoms with van der Waals surface area (Å²) in [4.78, 5) is 15.0. The normalized spacial score (nSPS) is 20.9. The summed E-state index contributed by atoms with van der Waals surface area (Å²) in [6.45, 7) is 3.61. The van der Waals surface area contributed by atoms with Crippen LogP contribution in [0, 0.1) is 11.8 Å². The summed E-state index contributed by atoms with van der Waals surface area (Å²) in [5, 5.41) is 0. The van der Waals surface area contributed by atoms with Crippen LogP contribution in [-0.4, -0.2) is 23.9 Å². The molecule has 0 radical (unpaired) electrons. The maximum atomic E-state index is 13.0. The number of hydrogen-bond acceptors (Lipinski definition) is 2. The van der Waals surface area contributed by atoms with Crippen LogP contribution >= 0.6 is 15.9 Å². The fourth-order valence-corrected chi connectivity index (χ4v) is 2.98. The Morgan fingerprint density at radius 3 is 2.10 bits per heavy atom. The van der Waals surface area contributed by atoms with E-state index in [2.05, 4.69) is 15.9 Å². The number of carbonyl (C=O) groups is 1. The first-order valence-electron chi connectivity index (χ1n) is 7.81. The van der Waals surface area contributed by atoms with E-state index in [4.69, 9.17) is 5.73 Å². The Morgan fingerprint density at radius 2 is 1.67 bits per heavy atom. The number of halogens is 1. The van der Waals surface area contributed by atoms with Crippen LogP contribution in [0.4, 0.5) is 0 Å². The molecule has 3 nitrogen and oxygen atoms in total. The standard InChI is InChI=1S/C17H23BrN2O/c1-17(19,14-6-8-15(18)9-7-14)16(21)20(10-12-2-3-12)11-13-4-5-13/h6-9,12-13H,2-5,10-11,19H2,1H3. The summed E-state index contributed by atoms with van der Waals surface area (Å²) < 4.78 is 1.00. The lowest BCUT2D eigenvalue weighted by Gasteiger charge is -2.32. The minimum absolute atomic E-state index is 0.0728. The zero-order valence-electron chi connectivity index (χ0n) is 12.5. The van der Waals surface area contributed by atoms with Crippen LogP contribution in [0.2, 0.25) is 0 Å². The third kappa shape index (κ3) is 3.67. The summed E-state index contributed by atoms with van der Waals surface area (Å²) in [7, 11) is 0. The third-order valence-corrected chi connectivity index (χ3v) is 5.06. The van der Waals surface area contributed by atoms with E-state index >= 15 is 0 Å². The van der Waals surface area contributed by atoms with Gasteiger partial charge in [-0.05, 0) is 62.1 Å². The van der Waals surface area contributed by atoms with E-state index in [0.717, 1.165) is 23.1 Å². The Bertz CT molecular complexity index is 504. The highest BCUT2D eigenvalue weighted by molar-refractivity contribution is 9.10. The van der Waals surface area contributed by atoms with Gasteiger partial charge in [-0.25, -0.2) is 0 Å². The minimum Gasteiger partial charge on any atom is -0.340 e. The van der Waals surface area contributed by atoms with Crippen LogP contribution in [0.1, 0.15) is 38.2 Å². The van der Waals surface area contributed by atoms with Crippen LogP contribution < -0.4 is 5.73 Å². The van der Waals surface area contributed by atoms with Crippen LogP contribution in [-0.2, 0) is 10.3 Å². The molecule has 2 aliphatic rings. The van der Waals surface area contributed by atoms with Gasteiger partial charge in [0.25, 0.3) is 0 Å². The number of hydrogen-bond donors (Lipinski definition) is 1. The average molecular weight is 351 g/mol. The number of carbonyl (C=O) groups excluding carboxylic acids is 1. The van der Waals surface area contributed by atoms with Crippen molar-refractivity contribution in [3.8, 4) is 0 Å². The van der Waals surface area contributed by atoms with Crippen LogP contribution in [0.25, 0.3) is 0 Å². The van der Waals surface area contributed by atoms with E-state index in [1.165, 1.54) is 25.7 Å². The first-order valence-corrected chi connectivity index (χ1v) is 8.60. The predicted octanol–water partition coefficient (Wildman–Crippen LogP) is 3.27. The molecule has 0 spiro atoms. The van der Waals surface area contributed by atoms with E-state index in [1.807, 2.05) is 36.1 Å². The van der Waals surface area contributed by atoms with Gasteiger partial charge in [0, 0.05) is 17.6 Å². The Morgan fingerprint density at radius 1 is 1.19 bits per heavy atom. The van der Waals surface area contributed by atoms with Crippen molar-refractivity contribution in [2.24, 2.45) is 17.6 Å². The van der Waals surface area contributed by atoms with Gasteiger partial charge in [0.15, 0.2) is 0 Å². The fourth-order valence-electron chi connectivity index (χ4n) is 2.71. The van der Waals surface area contributed by atoms with Gasteiger partial charge in [0.05, 0.1) is 0 Å². The average Bonchev–Trinajstić information content (AvgIpc) is 3.33. The second kappa shape index (κ2) is 5.73. The molecular formula is C17H23BrN2O. The lowest BCUT2D eigenvalue weighted by Crippen LogP contribution is -2.52. The van der Waals surface area contributed by atoms with E-state index in [1.54, 1.807) is 0 Å². The number of nitrogens with two attached hydrogens (primary N) is 1. The molecule has 1 aromatic carbocycles. The van der Waals surface area contributed by atoms with Gasteiger partial charge in [-0.1, -0.05) is 28.1 Å². The van der Waals surface area contributed by atoms with Crippen molar-refractivity contribution < 1.29 is 4.79 Å². The van der Waals surface area contributed by atoms with Gasteiger partial charge in [0.2, 0.25) is 5.91 Å². The Balaban J connectivity index is 1.76. The molecule has 1 amide bonds. The lowest BCUT2D eigenvalue weighted by molar-refractivity contribution is -0.137. The maximum absolute atomic E-state index is 13.0. The van der Waals surface area contributed by atoms with Crippen molar-refractivity contribution in [3.63, 3.8) is 0 Å². The molecule has 0 saturated heterocycles. The molecular weight excluding hydrogens is 328 g/mol. The maximum Gasteiger partial charge on any atom is 0.246 e. The number of rotatable bonds is 6. The lowest BCUT2D eigenvalue weighted by atomic mass is 9.91. The van der Waals surface area contributed by atoms with Crippen molar-refractivity contribution >= 4 is 21.8 Å². The molecule has 2 aliphatic carbocycles. The second-order valence-corrected chi connectivity index (χ2v) is 7.72. The highest BCUT2D eigenvalue weighted by atomic mass is 79.9. The summed E-state index contributed by atoms with van der Waals surface area (Å²) in [5.74, 6) is 1.48. The zero-order valence-corrected chi connectivity index (χ0v) is 14.1. The highest BCUT2D eigenvalue weighted by Crippen LogP contribution is 2.35. The topological polar surface area (TPSA) is 46.3 Å². The number of nitrogens with zero attached hydrogens (tertiary/aromatic N) is 1. The predicted molar refractivity (Wildman–Crippen MR) is 87.7 cm³/mol. The molecule has 3 rings (SSSR count). The quantitative estimate of drug-likeness (QED) is 0.855. The summed E-state index contributed by atoms with van der Waals surface area (Å²) in [6.07, 6.45) is 5.03. The summed E-state index contributed by atoms with van der Waals surface area (Å²) in [5.41, 5.74) is 6.36. The van der Waals surface area contributed by atoms with Gasteiger partial charge in [-0.2, -0.15) is 0 Å². The molecule has 2 fully saturated rings. The van der Waals surface area contributed by atoms with Gasteiger partial charge >= 0.3 is 0 Å². The van der Waals surface area contributed by atoms with E-state index in [9.17, 15) is 4.79 Å². The van der Waals surface area contributed by atoms with Crippen molar-refractivity contribution in [1.29, 1.82) is 0 Å². The molecule has 4 heteroatoms. The third-order valence-electron chi connectivity index (χ3n) is 4.53. The van der Waals surface area contributed by atoms with Crippen molar-refractivity contribution in [3.05, 3.63) is 34.3 Å². The largest absolute Gasteiger partial charge is 0.340 e. The van der Waals surface area contributed by atoms with Crippen LogP contribution in [0.15, 0.2) is 28.7 Å². The SMILES string of the molecule is CC(N)(C(=O)N(CC1CC1)CC1CC1)c1ccc(Br)cc1. The molecule has 21 heavy (non-hydrogen) atoms.